The number of alkyl halides is 3. The summed E-state index contributed by atoms with van der Waals surface area (Å²) in [7, 11) is 0. The number of amides is 1. The van der Waals surface area contributed by atoms with E-state index >= 15 is 0 Å². The van der Waals surface area contributed by atoms with Crippen molar-refractivity contribution < 1.29 is 27.5 Å². The molecule has 1 heterocycles. The van der Waals surface area contributed by atoms with Crippen LogP contribution in [0.25, 0.3) is 0 Å². The summed E-state index contributed by atoms with van der Waals surface area (Å²) in [6.45, 7) is 4.77. The van der Waals surface area contributed by atoms with Crippen LogP contribution >= 0.6 is 0 Å². The topological polar surface area (TPSA) is 68.3 Å². The van der Waals surface area contributed by atoms with Crippen LogP contribution in [0.4, 0.5) is 18.0 Å². The number of nitrogens with zero attached hydrogens (tertiary/aromatic N) is 1. The second-order valence-electron chi connectivity index (χ2n) is 5.22. The van der Waals surface area contributed by atoms with E-state index in [4.69, 9.17) is 4.74 Å². The number of rotatable bonds is 3. The van der Waals surface area contributed by atoms with E-state index in [1.807, 2.05) is 0 Å². The Bertz CT molecular complexity index is 524. The van der Waals surface area contributed by atoms with Crippen molar-refractivity contribution in [1.29, 1.82) is 0 Å². The van der Waals surface area contributed by atoms with Gasteiger partial charge >= 0.3 is 12.3 Å². The van der Waals surface area contributed by atoms with Gasteiger partial charge in [0.2, 0.25) is 0 Å². The van der Waals surface area contributed by atoms with E-state index in [9.17, 15) is 22.8 Å². The van der Waals surface area contributed by atoms with Crippen LogP contribution in [-0.4, -0.2) is 23.0 Å². The number of hydrogen-bond acceptors (Lipinski definition) is 4. The summed E-state index contributed by atoms with van der Waals surface area (Å²) in [5.41, 5.74) is -2.31. The minimum absolute atomic E-state index is 0.191. The van der Waals surface area contributed by atoms with Gasteiger partial charge in [0.15, 0.2) is 0 Å². The number of ether oxygens (including phenoxy) is 1. The normalized spacial score (nSPS) is 13.4. The van der Waals surface area contributed by atoms with Gasteiger partial charge in [0, 0.05) is 18.0 Å². The second-order valence-corrected chi connectivity index (χ2v) is 5.22. The van der Waals surface area contributed by atoms with Crippen molar-refractivity contribution in [3.63, 3.8) is 0 Å². The zero-order chi connectivity index (χ0) is 16.3. The molecule has 0 aliphatic rings. The van der Waals surface area contributed by atoms with Gasteiger partial charge in [-0.05, 0) is 26.8 Å². The first-order valence-corrected chi connectivity index (χ1v) is 6.00. The fourth-order valence-electron chi connectivity index (χ4n) is 1.53. The molecular formula is C13H15F3N2O3. The first-order valence-electron chi connectivity index (χ1n) is 6.00. The lowest BCUT2D eigenvalue weighted by Gasteiger charge is -2.22. The first-order chi connectivity index (χ1) is 9.54. The standard InChI is InChI=1S/C13H15F3N2O3/c1-12(2,3)21-11(20)18-10(7-19)8-6-17-5-4-9(8)13(14,15)16/h4-7,10H,1-3H3,(H,18,20). The maximum atomic E-state index is 12.9. The number of alkyl carbamates (subject to hydrolysis) is 1. The molecule has 0 aliphatic heterocycles. The van der Waals surface area contributed by atoms with Crippen molar-refractivity contribution in [3.8, 4) is 0 Å². The summed E-state index contributed by atoms with van der Waals surface area (Å²) in [5.74, 6) is 0. The molecule has 1 rings (SSSR count). The fourth-order valence-corrected chi connectivity index (χ4v) is 1.53. The first kappa shape index (κ1) is 16.9. The van der Waals surface area contributed by atoms with Crippen molar-refractivity contribution >= 4 is 12.4 Å². The molecule has 0 fully saturated rings. The molecule has 8 heteroatoms. The Morgan fingerprint density at radius 3 is 2.48 bits per heavy atom. The molecule has 0 aliphatic carbocycles. The van der Waals surface area contributed by atoms with Crippen molar-refractivity contribution in [1.82, 2.24) is 10.3 Å². The summed E-state index contributed by atoms with van der Waals surface area (Å²) in [5, 5.41) is 2.08. The minimum atomic E-state index is -4.66. The molecule has 1 aromatic heterocycles. The average molecular weight is 304 g/mol. The van der Waals surface area contributed by atoms with Crippen molar-refractivity contribution in [2.24, 2.45) is 0 Å². The van der Waals surface area contributed by atoms with Crippen LogP contribution in [0, 0.1) is 0 Å². The van der Waals surface area contributed by atoms with Crippen LogP contribution in [0.1, 0.15) is 37.9 Å². The highest BCUT2D eigenvalue weighted by molar-refractivity contribution is 5.75. The highest BCUT2D eigenvalue weighted by atomic mass is 19.4. The van der Waals surface area contributed by atoms with Gasteiger partial charge in [-0.3, -0.25) is 4.98 Å². The van der Waals surface area contributed by atoms with Gasteiger partial charge in [0.05, 0.1) is 5.56 Å². The maximum absolute atomic E-state index is 12.9. The highest BCUT2D eigenvalue weighted by Gasteiger charge is 2.36. The Kier molecular flexibility index (Phi) is 4.93. The van der Waals surface area contributed by atoms with E-state index in [1.54, 1.807) is 20.8 Å². The Morgan fingerprint density at radius 1 is 1.38 bits per heavy atom. The molecule has 0 saturated heterocycles. The van der Waals surface area contributed by atoms with Gasteiger partial charge in [-0.1, -0.05) is 0 Å². The number of aromatic nitrogens is 1. The zero-order valence-corrected chi connectivity index (χ0v) is 11.7. The van der Waals surface area contributed by atoms with E-state index in [0.717, 1.165) is 18.5 Å². The maximum Gasteiger partial charge on any atom is 0.416 e. The summed E-state index contributed by atoms with van der Waals surface area (Å²) in [4.78, 5) is 26.1. The average Bonchev–Trinajstić information content (AvgIpc) is 2.32. The number of nitrogens with one attached hydrogen (secondary N) is 1. The molecule has 1 unspecified atom stereocenters. The smallest absolute Gasteiger partial charge is 0.416 e. The largest absolute Gasteiger partial charge is 0.444 e. The van der Waals surface area contributed by atoms with Crippen LogP contribution in [-0.2, 0) is 15.7 Å². The van der Waals surface area contributed by atoms with E-state index < -0.39 is 35.0 Å². The van der Waals surface area contributed by atoms with Gasteiger partial charge in [0.25, 0.3) is 0 Å². The molecule has 5 nitrogen and oxygen atoms in total. The molecular weight excluding hydrogens is 289 g/mol. The predicted molar refractivity (Wildman–Crippen MR) is 67.4 cm³/mol. The SMILES string of the molecule is CC(C)(C)OC(=O)NC(C=O)c1cnccc1C(F)(F)F. The molecule has 0 aromatic carbocycles. The van der Waals surface area contributed by atoms with Gasteiger partial charge in [-0.15, -0.1) is 0 Å². The van der Waals surface area contributed by atoms with Crippen LogP contribution in [0.15, 0.2) is 18.5 Å². The third-order valence-electron chi connectivity index (χ3n) is 2.30. The molecule has 1 aromatic rings. The lowest BCUT2D eigenvalue weighted by Crippen LogP contribution is -2.36. The number of carbonyl (C=O) groups is 2. The van der Waals surface area contributed by atoms with Gasteiger partial charge < -0.3 is 14.8 Å². The Morgan fingerprint density at radius 2 is 2.00 bits per heavy atom. The summed E-state index contributed by atoms with van der Waals surface area (Å²) >= 11 is 0. The summed E-state index contributed by atoms with van der Waals surface area (Å²) < 4.78 is 43.5. The van der Waals surface area contributed by atoms with E-state index in [2.05, 4.69) is 10.3 Å². The quantitative estimate of drug-likeness (QED) is 0.872. The van der Waals surface area contributed by atoms with E-state index in [1.165, 1.54) is 0 Å². The zero-order valence-electron chi connectivity index (χ0n) is 11.7. The molecule has 0 saturated carbocycles. The molecule has 0 spiro atoms. The third-order valence-corrected chi connectivity index (χ3v) is 2.30. The second kappa shape index (κ2) is 6.11. The van der Waals surface area contributed by atoms with Gasteiger partial charge in [0.1, 0.15) is 17.9 Å². The number of hydrogen-bond donors (Lipinski definition) is 1. The summed E-state index contributed by atoms with van der Waals surface area (Å²) in [6.07, 6.45) is -3.61. The number of aldehydes is 1. The molecule has 21 heavy (non-hydrogen) atoms. The van der Waals surface area contributed by atoms with Crippen LogP contribution in [0.5, 0.6) is 0 Å². The van der Waals surface area contributed by atoms with Crippen molar-refractivity contribution in [2.75, 3.05) is 0 Å². The molecule has 1 atom stereocenters. The molecule has 116 valence electrons. The number of halogens is 3. The predicted octanol–water partition coefficient (Wildman–Crippen LogP) is 2.87. The third kappa shape index (κ3) is 5.05. The van der Waals surface area contributed by atoms with Crippen LogP contribution in [0.2, 0.25) is 0 Å². The van der Waals surface area contributed by atoms with E-state index in [0.29, 0.717) is 0 Å². The molecule has 0 radical (unpaired) electrons. The monoisotopic (exact) mass is 304 g/mol. The van der Waals surface area contributed by atoms with Gasteiger partial charge in [-0.25, -0.2) is 4.79 Å². The lowest BCUT2D eigenvalue weighted by atomic mass is 10.0. The highest BCUT2D eigenvalue weighted by Crippen LogP contribution is 2.33. The lowest BCUT2D eigenvalue weighted by molar-refractivity contribution is -0.138. The van der Waals surface area contributed by atoms with Crippen molar-refractivity contribution in [2.45, 2.75) is 38.6 Å². The van der Waals surface area contributed by atoms with E-state index in [-0.39, 0.29) is 6.29 Å². The molecule has 1 N–H and O–H groups in total. The Balaban J connectivity index is 3.02. The minimum Gasteiger partial charge on any atom is -0.444 e. The number of carbonyl (C=O) groups excluding carboxylic acids is 2. The molecule has 1 amide bonds. The van der Waals surface area contributed by atoms with Gasteiger partial charge in [-0.2, -0.15) is 13.2 Å². The number of pyridine rings is 1. The molecule has 0 bridgehead atoms. The van der Waals surface area contributed by atoms with Crippen LogP contribution < -0.4 is 5.32 Å². The Hall–Kier alpha value is -2.12. The summed E-state index contributed by atoms with van der Waals surface area (Å²) in [6, 6.07) is -0.757. The van der Waals surface area contributed by atoms with Crippen molar-refractivity contribution in [3.05, 3.63) is 29.6 Å². The Labute approximate surface area is 119 Å². The van der Waals surface area contributed by atoms with Crippen LogP contribution in [0.3, 0.4) is 0 Å². The fraction of sp³-hybridized carbons (Fsp3) is 0.462.